The van der Waals surface area contributed by atoms with Crippen LogP contribution in [0.15, 0.2) is 4.99 Å². The zero-order chi connectivity index (χ0) is 15.2. The van der Waals surface area contributed by atoms with E-state index in [0.29, 0.717) is 0 Å². The zero-order valence-electron chi connectivity index (χ0n) is 13.9. The van der Waals surface area contributed by atoms with Crippen molar-refractivity contribution >= 4 is 53.0 Å². The van der Waals surface area contributed by atoms with Crippen LogP contribution in [0.3, 0.4) is 0 Å². The molecule has 1 N–H and O–H groups in total. The van der Waals surface area contributed by atoms with Gasteiger partial charge in [0, 0.05) is 35.5 Å². The Morgan fingerprint density at radius 3 is 2.77 bits per heavy atom. The molecule has 1 aromatic rings. The van der Waals surface area contributed by atoms with Gasteiger partial charge in [0.1, 0.15) is 0 Å². The number of hydrogen-bond acceptors (Lipinski definition) is 4. The fraction of sp³-hybridized carbons (Fsp3) is 0.733. The Labute approximate surface area is 159 Å². The summed E-state index contributed by atoms with van der Waals surface area (Å²) in [6.07, 6.45) is 1.23. The summed E-state index contributed by atoms with van der Waals surface area (Å²) in [6.45, 7) is 12.4. The summed E-state index contributed by atoms with van der Waals surface area (Å²) in [5.41, 5.74) is 1.12. The topological polar surface area (TPSA) is 40.5 Å². The van der Waals surface area contributed by atoms with Gasteiger partial charge >= 0.3 is 0 Å². The predicted molar refractivity (Wildman–Crippen MR) is 110 cm³/mol. The fourth-order valence-corrected chi connectivity index (χ4v) is 4.49. The molecule has 0 saturated carbocycles. The number of aryl methyl sites for hydroxylation is 2. The Bertz CT molecular complexity index is 490. The molecule has 2 heterocycles. The number of thiazole rings is 1. The molecule has 1 aliphatic heterocycles. The van der Waals surface area contributed by atoms with Gasteiger partial charge in [-0.2, -0.15) is 11.8 Å². The van der Waals surface area contributed by atoms with Gasteiger partial charge in [-0.25, -0.2) is 9.98 Å². The monoisotopic (exact) mass is 454 g/mol. The lowest BCUT2D eigenvalue weighted by Crippen LogP contribution is -2.48. The number of halogens is 1. The minimum atomic E-state index is 0. The highest BCUT2D eigenvalue weighted by molar-refractivity contribution is 14.0. The second-order valence-electron chi connectivity index (χ2n) is 5.26. The molecule has 0 bridgehead atoms. The Morgan fingerprint density at radius 2 is 2.18 bits per heavy atom. The van der Waals surface area contributed by atoms with Crippen LogP contribution in [0, 0.1) is 13.8 Å². The lowest BCUT2D eigenvalue weighted by molar-refractivity contribution is 0.408. The van der Waals surface area contributed by atoms with Crippen LogP contribution in [0.2, 0.25) is 0 Å². The van der Waals surface area contributed by atoms with Crippen LogP contribution < -0.4 is 5.32 Å². The summed E-state index contributed by atoms with van der Waals surface area (Å²) in [4.78, 5) is 13.0. The molecule has 0 amide bonds. The van der Waals surface area contributed by atoms with Crippen molar-refractivity contribution in [2.75, 3.05) is 25.4 Å². The summed E-state index contributed by atoms with van der Waals surface area (Å²) >= 11 is 3.85. The molecule has 0 aliphatic carbocycles. The molecule has 1 saturated heterocycles. The fourth-order valence-electron chi connectivity index (χ4n) is 2.45. The van der Waals surface area contributed by atoms with Crippen molar-refractivity contribution in [2.45, 2.75) is 45.9 Å². The zero-order valence-corrected chi connectivity index (χ0v) is 17.8. The van der Waals surface area contributed by atoms with Crippen molar-refractivity contribution in [1.29, 1.82) is 0 Å². The van der Waals surface area contributed by atoms with E-state index in [1.54, 1.807) is 11.3 Å². The molecule has 1 fully saturated rings. The quantitative estimate of drug-likeness (QED) is 0.428. The van der Waals surface area contributed by atoms with E-state index in [0.717, 1.165) is 48.1 Å². The van der Waals surface area contributed by atoms with Crippen LogP contribution in [-0.2, 0) is 6.54 Å². The van der Waals surface area contributed by atoms with Gasteiger partial charge in [-0.15, -0.1) is 35.3 Å². The number of hydrogen-bond donors (Lipinski definition) is 1. The second-order valence-corrected chi connectivity index (χ2v) is 7.95. The van der Waals surface area contributed by atoms with Gasteiger partial charge in [0.25, 0.3) is 0 Å². The SMILES string of the molecule is CCNC(=NCc1sc(C)nc1C)N1CCSC(CC)C1.I. The van der Waals surface area contributed by atoms with Gasteiger partial charge in [0.2, 0.25) is 0 Å². The van der Waals surface area contributed by atoms with Crippen LogP contribution >= 0.6 is 47.1 Å². The predicted octanol–water partition coefficient (Wildman–Crippen LogP) is 3.67. The molecule has 0 spiro atoms. The number of guanidine groups is 1. The van der Waals surface area contributed by atoms with Crippen LogP contribution in [0.25, 0.3) is 0 Å². The largest absolute Gasteiger partial charge is 0.357 e. The minimum Gasteiger partial charge on any atom is -0.357 e. The van der Waals surface area contributed by atoms with E-state index in [1.807, 2.05) is 0 Å². The molecule has 1 unspecified atom stereocenters. The first-order valence-corrected chi connectivity index (χ1v) is 9.58. The van der Waals surface area contributed by atoms with E-state index in [4.69, 9.17) is 4.99 Å². The number of thioether (sulfide) groups is 1. The summed E-state index contributed by atoms with van der Waals surface area (Å²) < 4.78 is 0. The third kappa shape index (κ3) is 5.56. The van der Waals surface area contributed by atoms with Crippen molar-refractivity contribution in [1.82, 2.24) is 15.2 Å². The van der Waals surface area contributed by atoms with Crippen LogP contribution in [0.4, 0.5) is 0 Å². The van der Waals surface area contributed by atoms with Crippen molar-refractivity contribution in [3.8, 4) is 0 Å². The molecule has 4 nitrogen and oxygen atoms in total. The number of nitrogens with zero attached hydrogens (tertiary/aromatic N) is 3. The first-order valence-electron chi connectivity index (χ1n) is 7.71. The van der Waals surface area contributed by atoms with Gasteiger partial charge in [-0.05, 0) is 27.2 Å². The maximum atomic E-state index is 4.84. The Morgan fingerprint density at radius 1 is 1.41 bits per heavy atom. The van der Waals surface area contributed by atoms with Crippen LogP contribution in [0.1, 0.15) is 35.8 Å². The van der Waals surface area contributed by atoms with Crippen molar-refractivity contribution in [3.63, 3.8) is 0 Å². The van der Waals surface area contributed by atoms with E-state index in [1.165, 1.54) is 17.1 Å². The van der Waals surface area contributed by atoms with Gasteiger partial charge in [-0.1, -0.05) is 6.92 Å². The molecule has 1 aliphatic rings. The molecular formula is C15H27IN4S2. The number of aliphatic imine (C=N–C) groups is 1. The maximum absolute atomic E-state index is 4.84. The highest BCUT2D eigenvalue weighted by Crippen LogP contribution is 2.22. The van der Waals surface area contributed by atoms with Gasteiger partial charge in [0.05, 0.1) is 17.2 Å². The highest BCUT2D eigenvalue weighted by Gasteiger charge is 2.21. The van der Waals surface area contributed by atoms with Gasteiger partial charge in [0.15, 0.2) is 5.96 Å². The molecule has 126 valence electrons. The minimum absolute atomic E-state index is 0. The van der Waals surface area contributed by atoms with E-state index in [2.05, 4.69) is 54.7 Å². The second kappa shape index (κ2) is 9.97. The number of nitrogens with one attached hydrogen (secondary N) is 1. The lowest BCUT2D eigenvalue weighted by atomic mass is 10.3. The smallest absolute Gasteiger partial charge is 0.194 e. The standard InChI is InChI=1S/C15H26N4S2.HI/c1-5-13-10-19(7-8-20-13)15(16-6-2)17-9-14-11(3)18-12(4)21-14;/h13H,5-10H2,1-4H3,(H,16,17);1H. The number of rotatable bonds is 4. The van der Waals surface area contributed by atoms with Crippen molar-refractivity contribution in [3.05, 3.63) is 15.6 Å². The third-order valence-corrected chi connectivity index (χ3v) is 6.03. The average Bonchev–Trinajstić information content (AvgIpc) is 2.81. The van der Waals surface area contributed by atoms with Gasteiger partial charge in [-0.3, -0.25) is 0 Å². The molecule has 7 heteroatoms. The Kier molecular flexibility index (Phi) is 9.08. The molecular weight excluding hydrogens is 427 g/mol. The summed E-state index contributed by atoms with van der Waals surface area (Å²) in [6, 6.07) is 0. The maximum Gasteiger partial charge on any atom is 0.194 e. The molecule has 1 aromatic heterocycles. The first-order chi connectivity index (χ1) is 10.1. The molecule has 0 aromatic carbocycles. The average molecular weight is 454 g/mol. The molecule has 22 heavy (non-hydrogen) atoms. The normalized spacial score (nSPS) is 19.0. The summed E-state index contributed by atoms with van der Waals surface area (Å²) in [5.74, 6) is 2.25. The Hall–Kier alpha value is -0.0200. The summed E-state index contributed by atoms with van der Waals surface area (Å²) in [5, 5.41) is 5.30. The highest BCUT2D eigenvalue weighted by atomic mass is 127. The van der Waals surface area contributed by atoms with E-state index in [9.17, 15) is 0 Å². The van der Waals surface area contributed by atoms with E-state index >= 15 is 0 Å². The van der Waals surface area contributed by atoms with Gasteiger partial charge < -0.3 is 10.2 Å². The molecule has 2 rings (SSSR count). The molecule has 1 atom stereocenters. The van der Waals surface area contributed by atoms with Crippen molar-refractivity contribution in [2.24, 2.45) is 4.99 Å². The first kappa shape index (κ1) is 20.0. The summed E-state index contributed by atoms with van der Waals surface area (Å²) in [7, 11) is 0. The van der Waals surface area contributed by atoms with E-state index in [-0.39, 0.29) is 24.0 Å². The third-order valence-electron chi connectivity index (χ3n) is 3.60. The van der Waals surface area contributed by atoms with Crippen LogP contribution in [-0.4, -0.2) is 46.5 Å². The molecule has 0 radical (unpaired) electrons. The lowest BCUT2D eigenvalue weighted by Gasteiger charge is -2.34. The Balaban J connectivity index is 0.00000242. The van der Waals surface area contributed by atoms with Crippen LogP contribution in [0.5, 0.6) is 0 Å². The number of aromatic nitrogens is 1. The van der Waals surface area contributed by atoms with E-state index < -0.39 is 0 Å². The van der Waals surface area contributed by atoms with Crippen molar-refractivity contribution < 1.29 is 0 Å².